The summed E-state index contributed by atoms with van der Waals surface area (Å²) in [7, 11) is 0. The highest BCUT2D eigenvalue weighted by Gasteiger charge is 2.09. The molecular formula is C17H14BrNO. The van der Waals surface area contributed by atoms with E-state index in [1.165, 1.54) is 5.39 Å². The topological polar surface area (TPSA) is 22.0 Å². The molecule has 20 heavy (non-hydrogen) atoms. The molecule has 0 radical (unpaired) electrons. The van der Waals surface area contributed by atoms with E-state index in [1.54, 1.807) is 12.1 Å². The van der Waals surface area contributed by atoms with Crippen molar-refractivity contribution in [2.75, 3.05) is 0 Å². The van der Waals surface area contributed by atoms with Gasteiger partial charge in [0.05, 0.1) is 5.69 Å². The minimum absolute atomic E-state index is 0.0534. The molecule has 0 aliphatic rings. The van der Waals surface area contributed by atoms with Gasteiger partial charge in [-0.15, -0.1) is 0 Å². The molecule has 0 amide bonds. The molecule has 3 heteroatoms. The average Bonchev–Trinajstić information content (AvgIpc) is 2.40. The molecule has 0 fully saturated rings. The molecule has 0 N–H and O–H groups in total. The van der Waals surface area contributed by atoms with Crippen LogP contribution in [-0.4, -0.2) is 4.57 Å². The Labute approximate surface area is 125 Å². The molecule has 0 aliphatic carbocycles. The Balaban J connectivity index is 2.42. The minimum atomic E-state index is 0.0534. The van der Waals surface area contributed by atoms with Gasteiger partial charge >= 0.3 is 0 Å². The number of fused-ring (bicyclic) bond motifs is 1. The fraction of sp³-hybridized carbons (Fsp3) is 0.118. The van der Waals surface area contributed by atoms with E-state index in [4.69, 9.17) is 0 Å². The lowest BCUT2D eigenvalue weighted by molar-refractivity contribution is 0.929. The fourth-order valence-corrected chi connectivity index (χ4v) is 3.16. The van der Waals surface area contributed by atoms with E-state index in [0.717, 1.165) is 26.9 Å². The predicted octanol–water partition coefficient (Wildman–Crippen LogP) is 4.37. The van der Waals surface area contributed by atoms with Crippen molar-refractivity contribution in [3.05, 3.63) is 74.6 Å². The third-order valence-electron chi connectivity index (χ3n) is 3.50. The fourth-order valence-electron chi connectivity index (χ4n) is 2.68. The average molecular weight is 328 g/mol. The number of benzene rings is 2. The van der Waals surface area contributed by atoms with E-state index in [9.17, 15) is 4.79 Å². The molecule has 100 valence electrons. The van der Waals surface area contributed by atoms with Crippen molar-refractivity contribution in [2.24, 2.45) is 0 Å². The van der Waals surface area contributed by atoms with Crippen LogP contribution in [0.4, 0.5) is 0 Å². The van der Waals surface area contributed by atoms with Crippen LogP contribution in [0.5, 0.6) is 0 Å². The van der Waals surface area contributed by atoms with Crippen LogP contribution in [-0.2, 0) is 0 Å². The number of aromatic nitrogens is 1. The zero-order valence-electron chi connectivity index (χ0n) is 11.4. The molecule has 0 saturated carbocycles. The molecule has 0 bridgehead atoms. The van der Waals surface area contributed by atoms with Crippen molar-refractivity contribution >= 4 is 26.7 Å². The van der Waals surface area contributed by atoms with Gasteiger partial charge < -0.3 is 4.57 Å². The zero-order valence-corrected chi connectivity index (χ0v) is 12.9. The monoisotopic (exact) mass is 327 g/mol. The summed E-state index contributed by atoms with van der Waals surface area (Å²) in [5, 5.41) is 2.33. The Bertz CT molecular complexity index is 838. The van der Waals surface area contributed by atoms with Gasteiger partial charge in [0, 0.05) is 33.4 Å². The number of aryl methyl sites for hydroxylation is 2. The van der Waals surface area contributed by atoms with Crippen molar-refractivity contribution in [3.63, 3.8) is 0 Å². The number of hydrogen-bond donors (Lipinski definition) is 0. The Hall–Kier alpha value is -1.87. The van der Waals surface area contributed by atoms with Crippen LogP contribution < -0.4 is 5.43 Å². The van der Waals surface area contributed by atoms with E-state index < -0.39 is 0 Å². The second-order valence-corrected chi connectivity index (χ2v) is 5.78. The highest BCUT2D eigenvalue weighted by molar-refractivity contribution is 9.10. The lowest BCUT2D eigenvalue weighted by atomic mass is 10.1. The summed E-state index contributed by atoms with van der Waals surface area (Å²) in [4.78, 5) is 11.6. The summed E-state index contributed by atoms with van der Waals surface area (Å²) < 4.78 is 3.20. The molecule has 3 rings (SSSR count). The molecule has 2 nitrogen and oxygen atoms in total. The summed E-state index contributed by atoms with van der Waals surface area (Å²) in [6.45, 7) is 3.93. The van der Waals surface area contributed by atoms with Crippen molar-refractivity contribution in [1.29, 1.82) is 0 Å². The zero-order chi connectivity index (χ0) is 14.3. The van der Waals surface area contributed by atoms with Crippen molar-refractivity contribution in [1.82, 2.24) is 4.57 Å². The normalized spacial score (nSPS) is 10.9. The van der Waals surface area contributed by atoms with Gasteiger partial charge in [-0.3, -0.25) is 4.79 Å². The standard InChI is InChI=1S/C17H14BrNO/c1-11-9-13(20)10-12(2)19(11)17-8-7-16(18)14-5-3-4-6-15(14)17/h3-10H,1-2H3. The van der Waals surface area contributed by atoms with Gasteiger partial charge in [-0.25, -0.2) is 0 Å². The molecule has 2 aromatic carbocycles. The largest absolute Gasteiger partial charge is 0.318 e. The van der Waals surface area contributed by atoms with Crippen LogP contribution in [0.1, 0.15) is 11.4 Å². The van der Waals surface area contributed by atoms with Crippen LogP contribution in [0.25, 0.3) is 16.5 Å². The second kappa shape index (κ2) is 4.91. The van der Waals surface area contributed by atoms with Crippen LogP contribution in [0, 0.1) is 13.8 Å². The van der Waals surface area contributed by atoms with Gasteiger partial charge in [-0.1, -0.05) is 40.2 Å². The highest BCUT2D eigenvalue weighted by Crippen LogP contribution is 2.30. The van der Waals surface area contributed by atoms with E-state index >= 15 is 0 Å². The Morgan fingerprint density at radius 1 is 0.900 bits per heavy atom. The minimum Gasteiger partial charge on any atom is -0.318 e. The number of rotatable bonds is 1. The molecular weight excluding hydrogens is 314 g/mol. The first-order valence-corrected chi connectivity index (χ1v) is 7.25. The van der Waals surface area contributed by atoms with Crippen LogP contribution in [0.15, 0.2) is 57.8 Å². The molecule has 1 heterocycles. The Morgan fingerprint density at radius 3 is 2.15 bits per heavy atom. The van der Waals surface area contributed by atoms with Crippen LogP contribution >= 0.6 is 15.9 Å². The van der Waals surface area contributed by atoms with Crippen molar-refractivity contribution < 1.29 is 0 Å². The van der Waals surface area contributed by atoms with Gasteiger partial charge in [0.15, 0.2) is 5.43 Å². The van der Waals surface area contributed by atoms with Crippen LogP contribution in [0.3, 0.4) is 0 Å². The summed E-state index contributed by atoms with van der Waals surface area (Å²) in [6.07, 6.45) is 0. The lowest BCUT2D eigenvalue weighted by Gasteiger charge is -2.17. The SMILES string of the molecule is Cc1cc(=O)cc(C)n1-c1ccc(Br)c2ccccc12. The number of nitrogens with zero attached hydrogens (tertiary/aromatic N) is 1. The predicted molar refractivity (Wildman–Crippen MR) is 86.7 cm³/mol. The molecule has 0 saturated heterocycles. The molecule has 3 aromatic rings. The summed E-state index contributed by atoms with van der Waals surface area (Å²) in [5.41, 5.74) is 3.04. The van der Waals surface area contributed by atoms with Gasteiger partial charge in [0.1, 0.15) is 0 Å². The number of halogens is 1. The third kappa shape index (κ3) is 2.08. The molecule has 0 aliphatic heterocycles. The van der Waals surface area contributed by atoms with E-state index in [0.29, 0.717) is 0 Å². The smallest absolute Gasteiger partial charge is 0.182 e. The first-order chi connectivity index (χ1) is 9.58. The van der Waals surface area contributed by atoms with Crippen molar-refractivity contribution in [3.8, 4) is 5.69 Å². The van der Waals surface area contributed by atoms with Crippen molar-refractivity contribution in [2.45, 2.75) is 13.8 Å². The molecule has 1 aromatic heterocycles. The van der Waals surface area contributed by atoms with Crippen LogP contribution in [0.2, 0.25) is 0 Å². The third-order valence-corrected chi connectivity index (χ3v) is 4.19. The molecule has 0 unspecified atom stereocenters. The number of pyridine rings is 1. The summed E-state index contributed by atoms with van der Waals surface area (Å²) in [6, 6.07) is 15.7. The van der Waals surface area contributed by atoms with E-state index in [-0.39, 0.29) is 5.43 Å². The Kier molecular flexibility index (Phi) is 3.22. The van der Waals surface area contributed by atoms with Gasteiger partial charge in [0.25, 0.3) is 0 Å². The van der Waals surface area contributed by atoms with E-state index in [2.05, 4.69) is 44.8 Å². The quantitative estimate of drug-likeness (QED) is 0.650. The Morgan fingerprint density at radius 2 is 1.50 bits per heavy atom. The first kappa shape index (κ1) is 13.1. The van der Waals surface area contributed by atoms with E-state index in [1.807, 2.05) is 26.0 Å². The molecule has 0 spiro atoms. The maximum absolute atomic E-state index is 11.6. The van der Waals surface area contributed by atoms with Gasteiger partial charge in [0.2, 0.25) is 0 Å². The maximum Gasteiger partial charge on any atom is 0.182 e. The first-order valence-electron chi connectivity index (χ1n) is 6.46. The maximum atomic E-state index is 11.6. The summed E-state index contributed by atoms with van der Waals surface area (Å²) in [5.74, 6) is 0. The lowest BCUT2D eigenvalue weighted by Crippen LogP contribution is -2.11. The number of hydrogen-bond acceptors (Lipinski definition) is 1. The van der Waals surface area contributed by atoms with Gasteiger partial charge in [-0.2, -0.15) is 0 Å². The second-order valence-electron chi connectivity index (χ2n) is 4.92. The van der Waals surface area contributed by atoms with Gasteiger partial charge in [-0.05, 0) is 31.4 Å². The summed E-state index contributed by atoms with van der Waals surface area (Å²) >= 11 is 3.59. The molecule has 0 atom stereocenters. The highest BCUT2D eigenvalue weighted by atomic mass is 79.9.